The second kappa shape index (κ2) is 8.62. The van der Waals surface area contributed by atoms with Crippen molar-refractivity contribution < 1.29 is 23.5 Å². The molecule has 1 saturated heterocycles. The topological polar surface area (TPSA) is 87.7 Å². The van der Waals surface area contributed by atoms with Crippen LogP contribution in [-0.2, 0) is 9.59 Å². The maximum Gasteiger partial charge on any atom is 0.268 e. The Morgan fingerprint density at radius 3 is 2.57 bits per heavy atom. The summed E-state index contributed by atoms with van der Waals surface area (Å²) in [5.74, 6) is -1.65. The Morgan fingerprint density at radius 2 is 1.89 bits per heavy atom. The summed E-state index contributed by atoms with van der Waals surface area (Å²) in [6.07, 6.45) is 0.751. The lowest BCUT2D eigenvalue weighted by atomic mass is 10.2. The summed E-state index contributed by atoms with van der Waals surface area (Å²) in [7, 11) is 0. The number of anilines is 1. The van der Waals surface area contributed by atoms with Crippen molar-refractivity contribution in [2.45, 2.75) is 25.8 Å². The van der Waals surface area contributed by atoms with Gasteiger partial charge in [0.2, 0.25) is 5.91 Å². The monoisotopic (exact) mass is 385 g/mol. The molecule has 0 radical (unpaired) electrons. The van der Waals surface area contributed by atoms with Crippen LogP contribution >= 0.6 is 0 Å². The van der Waals surface area contributed by atoms with Crippen LogP contribution in [0.4, 0.5) is 10.1 Å². The third kappa shape index (κ3) is 4.17. The van der Waals surface area contributed by atoms with Crippen molar-refractivity contribution in [3.05, 3.63) is 59.9 Å². The van der Waals surface area contributed by atoms with Crippen LogP contribution in [0.2, 0.25) is 0 Å². The zero-order valence-electron chi connectivity index (χ0n) is 15.3. The van der Waals surface area contributed by atoms with Gasteiger partial charge in [0, 0.05) is 0 Å². The number of nitrogens with zero attached hydrogens (tertiary/aromatic N) is 1. The van der Waals surface area contributed by atoms with Gasteiger partial charge in [-0.05, 0) is 42.8 Å². The maximum absolute atomic E-state index is 13.6. The molecule has 28 heavy (non-hydrogen) atoms. The molecule has 0 spiro atoms. The molecule has 2 aromatic rings. The molecular formula is C20H20FN3O4. The van der Waals surface area contributed by atoms with Gasteiger partial charge in [-0.25, -0.2) is 14.7 Å². The lowest BCUT2D eigenvalue weighted by Crippen LogP contribution is -2.48. The second-order valence-electron chi connectivity index (χ2n) is 6.24. The number of hydrazine groups is 1. The molecule has 1 aliphatic rings. The number of ether oxygens (including phenoxy) is 1. The average molecular weight is 385 g/mol. The zero-order chi connectivity index (χ0) is 20.1. The minimum atomic E-state index is -0.931. The maximum atomic E-state index is 13.6. The van der Waals surface area contributed by atoms with Crippen LogP contribution in [0.5, 0.6) is 5.75 Å². The second-order valence-corrected chi connectivity index (χ2v) is 6.24. The first-order valence-electron chi connectivity index (χ1n) is 8.91. The number of halogens is 1. The third-order valence-corrected chi connectivity index (χ3v) is 4.19. The first kappa shape index (κ1) is 19.5. The number of carbonyl (C=O) groups excluding carboxylic acids is 3. The molecule has 0 saturated carbocycles. The molecule has 3 amide bonds. The normalized spacial score (nSPS) is 16.4. The Bertz CT molecular complexity index is 885. The fourth-order valence-corrected chi connectivity index (χ4v) is 2.79. The predicted octanol–water partition coefficient (Wildman–Crippen LogP) is 2.18. The fraction of sp³-hybridized carbons (Fsp3) is 0.250. The summed E-state index contributed by atoms with van der Waals surface area (Å²) in [6, 6.07) is 11.2. The molecule has 1 atom stereocenters. The first-order chi connectivity index (χ1) is 13.5. The number of rotatable bonds is 7. The molecule has 1 heterocycles. The van der Waals surface area contributed by atoms with Crippen LogP contribution in [0.15, 0.2) is 48.5 Å². The van der Waals surface area contributed by atoms with Crippen molar-refractivity contribution in [1.29, 1.82) is 0 Å². The van der Waals surface area contributed by atoms with E-state index in [1.165, 1.54) is 18.2 Å². The summed E-state index contributed by atoms with van der Waals surface area (Å²) in [4.78, 5) is 38.0. The van der Waals surface area contributed by atoms with Crippen LogP contribution in [0.25, 0.3) is 0 Å². The van der Waals surface area contributed by atoms with Gasteiger partial charge in [-0.3, -0.25) is 19.8 Å². The summed E-state index contributed by atoms with van der Waals surface area (Å²) < 4.78 is 19.1. The fourth-order valence-electron chi connectivity index (χ4n) is 2.79. The Labute approximate surface area is 161 Å². The smallest absolute Gasteiger partial charge is 0.268 e. The number of amides is 3. The number of hydrogen-bond donors (Lipinski definition) is 2. The number of hydrogen-bond acceptors (Lipinski definition) is 5. The quantitative estimate of drug-likeness (QED) is 0.564. The summed E-state index contributed by atoms with van der Waals surface area (Å²) in [6.45, 7) is 2.57. The molecule has 1 fully saturated rings. The zero-order valence-corrected chi connectivity index (χ0v) is 15.3. The van der Waals surface area contributed by atoms with Crippen molar-refractivity contribution in [3.63, 3.8) is 0 Å². The lowest BCUT2D eigenvalue weighted by molar-refractivity contribution is -0.121. The van der Waals surface area contributed by atoms with Gasteiger partial charge in [0.25, 0.3) is 11.8 Å². The van der Waals surface area contributed by atoms with E-state index in [1.807, 2.05) is 6.92 Å². The van der Waals surface area contributed by atoms with E-state index >= 15 is 0 Å². The highest BCUT2D eigenvalue weighted by Gasteiger charge is 2.39. The van der Waals surface area contributed by atoms with Gasteiger partial charge in [0.05, 0.1) is 24.3 Å². The van der Waals surface area contributed by atoms with Crippen LogP contribution in [0.1, 0.15) is 30.1 Å². The molecule has 0 aromatic heterocycles. The Kier molecular flexibility index (Phi) is 6.00. The van der Waals surface area contributed by atoms with E-state index in [2.05, 4.69) is 10.9 Å². The van der Waals surface area contributed by atoms with E-state index in [9.17, 15) is 18.8 Å². The van der Waals surface area contributed by atoms with Crippen molar-refractivity contribution in [1.82, 2.24) is 10.9 Å². The average Bonchev–Trinajstić information content (AvgIpc) is 2.98. The minimum Gasteiger partial charge on any atom is -0.494 e. The van der Waals surface area contributed by atoms with Gasteiger partial charge in [0.1, 0.15) is 17.6 Å². The summed E-state index contributed by atoms with van der Waals surface area (Å²) >= 11 is 0. The SMILES string of the molecule is CCCOc1ccc(N2C(=O)C[C@H](NNC(=O)c3ccccc3F)C2=O)cc1. The van der Waals surface area contributed by atoms with E-state index in [-0.39, 0.29) is 12.0 Å². The summed E-state index contributed by atoms with van der Waals surface area (Å²) in [5.41, 5.74) is 5.07. The molecule has 0 aliphatic carbocycles. The molecule has 8 heteroatoms. The van der Waals surface area contributed by atoms with E-state index in [1.54, 1.807) is 24.3 Å². The standard InChI is InChI=1S/C20H20FN3O4/c1-2-11-28-14-9-7-13(8-10-14)24-18(25)12-17(20(24)27)22-23-19(26)15-5-3-4-6-16(15)21/h3-10,17,22H,2,11-12H2,1H3,(H,23,26)/t17-/m0/s1. The van der Waals surface area contributed by atoms with Crippen LogP contribution < -0.4 is 20.5 Å². The molecule has 2 N–H and O–H groups in total. The highest BCUT2D eigenvalue weighted by atomic mass is 19.1. The van der Waals surface area contributed by atoms with Gasteiger partial charge in [-0.15, -0.1) is 0 Å². The van der Waals surface area contributed by atoms with E-state index in [0.29, 0.717) is 18.0 Å². The van der Waals surface area contributed by atoms with Gasteiger partial charge in [0.15, 0.2) is 0 Å². The van der Waals surface area contributed by atoms with Crippen molar-refractivity contribution in [2.24, 2.45) is 0 Å². The Morgan fingerprint density at radius 1 is 1.18 bits per heavy atom. The Hall–Kier alpha value is -3.26. The molecule has 146 valence electrons. The third-order valence-electron chi connectivity index (χ3n) is 4.19. The molecule has 7 nitrogen and oxygen atoms in total. The van der Waals surface area contributed by atoms with Crippen molar-refractivity contribution in [3.8, 4) is 5.75 Å². The Balaban J connectivity index is 1.63. The van der Waals surface area contributed by atoms with Crippen LogP contribution in [0.3, 0.4) is 0 Å². The number of imide groups is 1. The predicted molar refractivity (Wildman–Crippen MR) is 100 cm³/mol. The van der Waals surface area contributed by atoms with Gasteiger partial charge >= 0.3 is 0 Å². The lowest BCUT2D eigenvalue weighted by Gasteiger charge is -2.16. The molecular weight excluding hydrogens is 365 g/mol. The van der Waals surface area contributed by atoms with E-state index in [0.717, 1.165) is 17.4 Å². The van der Waals surface area contributed by atoms with Crippen molar-refractivity contribution >= 4 is 23.4 Å². The molecule has 3 rings (SSSR count). The van der Waals surface area contributed by atoms with Crippen molar-refractivity contribution in [2.75, 3.05) is 11.5 Å². The van der Waals surface area contributed by atoms with Gasteiger partial charge < -0.3 is 4.74 Å². The highest BCUT2D eigenvalue weighted by Crippen LogP contribution is 2.25. The van der Waals surface area contributed by atoms with Crippen LogP contribution in [0, 0.1) is 5.82 Å². The minimum absolute atomic E-state index is 0.121. The molecule has 0 unspecified atom stereocenters. The van der Waals surface area contributed by atoms with Gasteiger partial charge in [-0.1, -0.05) is 19.1 Å². The molecule has 1 aliphatic heterocycles. The summed E-state index contributed by atoms with van der Waals surface area (Å²) in [5, 5.41) is 0. The highest BCUT2D eigenvalue weighted by molar-refractivity contribution is 6.22. The number of nitrogens with one attached hydrogen (secondary N) is 2. The number of carbonyl (C=O) groups is 3. The van der Waals surface area contributed by atoms with E-state index in [4.69, 9.17) is 4.74 Å². The van der Waals surface area contributed by atoms with Gasteiger partial charge in [-0.2, -0.15) is 0 Å². The molecule has 0 bridgehead atoms. The molecule has 2 aromatic carbocycles. The number of benzene rings is 2. The first-order valence-corrected chi connectivity index (χ1v) is 8.91. The van der Waals surface area contributed by atoms with E-state index < -0.39 is 29.6 Å². The largest absolute Gasteiger partial charge is 0.494 e. The van der Waals surface area contributed by atoms with Crippen LogP contribution in [-0.4, -0.2) is 30.4 Å².